The van der Waals surface area contributed by atoms with Crippen molar-refractivity contribution in [2.75, 3.05) is 0 Å². The molecule has 0 spiro atoms. The molecule has 0 aliphatic heterocycles. The Morgan fingerprint density at radius 3 is 2.30 bits per heavy atom. The summed E-state index contributed by atoms with van der Waals surface area (Å²) >= 11 is 0. The van der Waals surface area contributed by atoms with E-state index in [-0.39, 0.29) is 5.92 Å². The molecule has 1 atom stereocenters. The van der Waals surface area contributed by atoms with Crippen molar-refractivity contribution in [3.63, 3.8) is 0 Å². The number of rotatable bonds is 2. The van der Waals surface area contributed by atoms with E-state index in [2.05, 4.69) is 24.3 Å². The Bertz CT molecular complexity index is 634. The predicted octanol–water partition coefficient (Wildman–Crippen LogP) is 4.29. The maximum Gasteiger partial charge on any atom is 0.166 e. The number of hydrogen-bond donors (Lipinski definition) is 0. The fourth-order valence-corrected chi connectivity index (χ4v) is 3.33. The van der Waals surface area contributed by atoms with Gasteiger partial charge in [0, 0.05) is 11.5 Å². The number of Topliss-reactive ketones (excluding diaryl/α,β-unsaturated/α-hetero) is 1. The lowest BCUT2D eigenvalue weighted by atomic mass is 9.79. The standard InChI is InChI=1S/C19H20O/c1-13-6-5-7-14(2)18(13)19(20)17-11-10-15-8-3-4-9-16(15)12-17/h3-9,17H,10-12H2,1-2H3. The summed E-state index contributed by atoms with van der Waals surface area (Å²) in [6.45, 7) is 4.08. The van der Waals surface area contributed by atoms with Gasteiger partial charge in [0.1, 0.15) is 0 Å². The molecule has 0 bridgehead atoms. The first kappa shape index (κ1) is 13.1. The van der Waals surface area contributed by atoms with Gasteiger partial charge in [0.2, 0.25) is 0 Å². The summed E-state index contributed by atoms with van der Waals surface area (Å²) in [7, 11) is 0. The molecular weight excluding hydrogens is 244 g/mol. The molecule has 0 amide bonds. The average Bonchev–Trinajstić information content (AvgIpc) is 2.46. The van der Waals surface area contributed by atoms with E-state index in [4.69, 9.17) is 0 Å². The molecule has 3 rings (SSSR count). The average molecular weight is 264 g/mol. The smallest absolute Gasteiger partial charge is 0.166 e. The van der Waals surface area contributed by atoms with Crippen LogP contribution in [-0.4, -0.2) is 5.78 Å². The monoisotopic (exact) mass is 264 g/mol. The lowest BCUT2D eigenvalue weighted by molar-refractivity contribution is 0.0907. The van der Waals surface area contributed by atoms with Crippen molar-refractivity contribution >= 4 is 5.78 Å². The number of fused-ring (bicyclic) bond motifs is 1. The second-order valence-corrected chi connectivity index (χ2v) is 5.84. The van der Waals surface area contributed by atoms with E-state index in [9.17, 15) is 4.79 Å². The van der Waals surface area contributed by atoms with Crippen LogP contribution in [0.3, 0.4) is 0 Å². The summed E-state index contributed by atoms with van der Waals surface area (Å²) in [5, 5.41) is 0. The molecule has 2 aromatic carbocycles. The minimum absolute atomic E-state index is 0.143. The van der Waals surface area contributed by atoms with Crippen LogP contribution >= 0.6 is 0 Å². The molecule has 1 nitrogen and oxygen atoms in total. The third kappa shape index (κ3) is 2.29. The highest BCUT2D eigenvalue weighted by Gasteiger charge is 2.26. The Morgan fingerprint density at radius 1 is 0.950 bits per heavy atom. The highest BCUT2D eigenvalue weighted by atomic mass is 16.1. The molecule has 1 heteroatoms. The van der Waals surface area contributed by atoms with Gasteiger partial charge in [0.15, 0.2) is 5.78 Å². The number of hydrogen-bond acceptors (Lipinski definition) is 1. The quantitative estimate of drug-likeness (QED) is 0.739. The highest BCUT2D eigenvalue weighted by molar-refractivity contribution is 6.00. The van der Waals surface area contributed by atoms with Gasteiger partial charge in [-0.05, 0) is 55.4 Å². The second-order valence-electron chi connectivity index (χ2n) is 5.84. The fraction of sp³-hybridized carbons (Fsp3) is 0.316. The van der Waals surface area contributed by atoms with E-state index in [0.717, 1.165) is 36.0 Å². The molecule has 1 aliphatic carbocycles. The van der Waals surface area contributed by atoms with Gasteiger partial charge in [0.25, 0.3) is 0 Å². The van der Waals surface area contributed by atoms with Crippen molar-refractivity contribution in [2.24, 2.45) is 5.92 Å². The van der Waals surface area contributed by atoms with Crippen molar-refractivity contribution in [1.82, 2.24) is 0 Å². The Hall–Kier alpha value is -1.89. The minimum Gasteiger partial charge on any atom is -0.294 e. The van der Waals surface area contributed by atoms with Gasteiger partial charge in [0.05, 0.1) is 0 Å². The van der Waals surface area contributed by atoms with E-state index in [1.165, 1.54) is 11.1 Å². The van der Waals surface area contributed by atoms with Crippen molar-refractivity contribution in [3.05, 3.63) is 70.3 Å². The predicted molar refractivity (Wildman–Crippen MR) is 82.2 cm³/mol. The van der Waals surface area contributed by atoms with Crippen LogP contribution in [0.25, 0.3) is 0 Å². The van der Waals surface area contributed by atoms with Gasteiger partial charge < -0.3 is 0 Å². The second kappa shape index (κ2) is 5.24. The molecule has 0 saturated heterocycles. The van der Waals surface area contributed by atoms with Crippen LogP contribution in [0.2, 0.25) is 0 Å². The van der Waals surface area contributed by atoms with E-state index < -0.39 is 0 Å². The number of benzene rings is 2. The highest BCUT2D eigenvalue weighted by Crippen LogP contribution is 2.29. The third-order valence-electron chi connectivity index (χ3n) is 4.45. The molecular formula is C19H20O. The van der Waals surface area contributed by atoms with Gasteiger partial charge >= 0.3 is 0 Å². The zero-order valence-electron chi connectivity index (χ0n) is 12.1. The normalized spacial score (nSPS) is 17.6. The molecule has 0 aromatic heterocycles. The van der Waals surface area contributed by atoms with E-state index in [1.807, 2.05) is 32.0 Å². The summed E-state index contributed by atoms with van der Waals surface area (Å²) in [5.41, 5.74) is 5.92. The van der Waals surface area contributed by atoms with Gasteiger partial charge in [-0.15, -0.1) is 0 Å². The summed E-state index contributed by atoms with van der Waals surface area (Å²) in [6.07, 6.45) is 2.89. The first-order valence-electron chi connectivity index (χ1n) is 7.34. The minimum atomic E-state index is 0.143. The van der Waals surface area contributed by atoms with Crippen molar-refractivity contribution in [1.29, 1.82) is 0 Å². The lowest BCUT2D eigenvalue weighted by Crippen LogP contribution is -2.24. The lowest BCUT2D eigenvalue weighted by Gasteiger charge is -2.24. The SMILES string of the molecule is Cc1cccc(C)c1C(=O)C1CCc2ccccc2C1. The number of carbonyl (C=O) groups is 1. The third-order valence-corrected chi connectivity index (χ3v) is 4.45. The van der Waals surface area contributed by atoms with Crippen molar-refractivity contribution in [2.45, 2.75) is 33.1 Å². The topological polar surface area (TPSA) is 17.1 Å². The van der Waals surface area contributed by atoms with Gasteiger partial charge in [-0.25, -0.2) is 0 Å². The molecule has 0 heterocycles. The first-order valence-corrected chi connectivity index (χ1v) is 7.34. The number of carbonyl (C=O) groups excluding carboxylic acids is 1. The molecule has 0 fully saturated rings. The van der Waals surface area contributed by atoms with Crippen LogP contribution in [-0.2, 0) is 12.8 Å². The first-order chi connectivity index (χ1) is 9.66. The van der Waals surface area contributed by atoms with Crippen LogP contribution in [0.15, 0.2) is 42.5 Å². The maximum absolute atomic E-state index is 12.9. The summed E-state index contributed by atoms with van der Waals surface area (Å²) in [5.74, 6) is 0.472. The van der Waals surface area contributed by atoms with Crippen LogP contribution in [0, 0.1) is 19.8 Å². The Morgan fingerprint density at radius 2 is 1.60 bits per heavy atom. The summed E-state index contributed by atoms with van der Waals surface area (Å²) < 4.78 is 0. The number of ketones is 1. The number of aryl methyl sites for hydroxylation is 3. The maximum atomic E-state index is 12.9. The van der Waals surface area contributed by atoms with E-state index in [0.29, 0.717) is 5.78 Å². The molecule has 20 heavy (non-hydrogen) atoms. The van der Waals surface area contributed by atoms with E-state index in [1.54, 1.807) is 0 Å². The molecule has 102 valence electrons. The van der Waals surface area contributed by atoms with Crippen LogP contribution in [0.5, 0.6) is 0 Å². The largest absolute Gasteiger partial charge is 0.294 e. The Balaban J connectivity index is 1.90. The molecule has 2 aromatic rings. The van der Waals surface area contributed by atoms with Crippen LogP contribution in [0.4, 0.5) is 0 Å². The van der Waals surface area contributed by atoms with Crippen LogP contribution in [0.1, 0.15) is 39.0 Å². The zero-order valence-corrected chi connectivity index (χ0v) is 12.1. The zero-order chi connectivity index (χ0) is 14.1. The molecule has 1 unspecified atom stereocenters. The van der Waals surface area contributed by atoms with Crippen molar-refractivity contribution in [3.8, 4) is 0 Å². The van der Waals surface area contributed by atoms with Crippen molar-refractivity contribution < 1.29 is 4.79 Å². The van der Waals surface area contributed by atoms with Gasteiger partial charge in [-0.1, -0.05) is 42.5 Å². The van der Waals surface area contributed by atoms with Gasteiger partial charge in [-0.3, -0.25) is 4.79 Å². The van der Waals surface area contributed by atoms with Gasteiger partial charge in [-0.2, -0.15) is 0 Å². The van der Waals surface area contributed by atoms with Crippen LogP contribution < -0.4 is 0 Å². The summed E-state index contributed by atoms with van der Waals surface area (Å²) in [6, 6.07) is 14.6. The summed E-state index contributed by atoms with van der Waals surface area (Å²) in [4.78, 5) is 12.9. The Labute approximate surface area is 120 Å². The fourth-order valence-electron chi connectivity index (χ4n) is 3.33. The molecule has 0 saturated carbocycles. The molecule has 0 N–H and O–H groups in total. The molecule has 1 aliphatic rings. The van der Waals surface area contributed by atoms with E-state index >= 15 is 0 Å². The Kier molecular flexibility index (Phi) is 3.43. The molecule has 0 radical (unpaired) electrons.